The van der Waals surface area contributed by atoms with Gasteiger partial charge in [-0.05, 0) is 6.92 Å². The van der Waals surface area contributed by atoms with Crippen molar-refractivity contribution in [2.75, 3.05) is 26.3 Å². The van der Waals surface area contributed by atoms with Crippen molar-refractivity contribution in [3.8, 4) is 0 Å². The number of aromatic nitrogens is 1. The Kier molecular flexibility index (Phi) is 6.44. The van der Waals surface area contributed by atoms with Crippen LogP contribution in [0.4, 0.5) is 0 Å². The van der Waals surface area contributed by atoms with E-state index in [1.165, 1.54) is 0 Å². The van der Waals surface area contributed by atoms with Crippen molar-refractivity contribution < 1.29 is 12.6 Å². The van der Waals surface area contributed by atoms with Gasteiger partial charge >= 0.3 is 193 Å². The molecule has 0 aliphatic carbocycles. The number of pyridine rings is 1. The van der Waals surface area contributed by atoms with Gasteiger partial charge in [-0.15, -0.1) is 0 Å². The molecule has 1 fully saturated rings. The molecule has 3 aromatic rings. The molecule has 0 unspecified atom stereocenters. The zero-order valence-corrected chi connectivity index (χ0v) is 21.6. The quantitative estimate of drug-likeness (QED) is 0.488. The number of carbonyl (C=O) groups is 1. The Morgan fingerprint density at radius 2 is 1.85 bits per heavy atom. The summed E-state index contributed by atoms with van der Waals surface area (Å²) in [6.07, 6.45) is 1.65. The van der Waals surface area contributed by atoms with Crippen LogP contribution in [0.2, 0.25) is 4.44 Å². The minimum absolute atomic E-state index is 0.141. The Morgan fingerprint density at radius 1 is 1.09 bits per heavy atom. The predicted octanol–water partition coefficient (Wildman–Crippen LogP) is 1.71. The van der Waals surface area contributed by atoms with Gasteiger partial charge in [0.1, 0.15) is 0 Å². The molecule has 0 radical (unpaired) electrons. The summed E-state index contributed by atoms with van der Waals surface area (Å²) in [7, 11) is 0. The molecular weight excluding hydrogens is 525 g/mol. The van der Waals surface area contributed by atoms with E-state index < -0.39 is 19.7 Å². The average molecular weight is 552 g/mol. The molecule has 1 saturated heterocycles. The van der Waals surface area contributed by atoms with Gasteiger partial charge in [0, 0.05) is 0 Å². The van der Waals surface area contributed by atoms with Gasteiger partial charge in [0.25, 0.3) is 0 Å². The molecule has 1 N–H and O–H groups in total. The van der Waals surface area contributed by atoms with Gasteiger partial charge in [0.2, 0.25) is 0 Å². The number of morpholine rings is 1. The Bertz CT molecular complexity index is 1290. The van der Waals surface area contributed by atoms with Crippen LogP contribution in [0.5, 0.6) is 0 Å². The van der Waals surface area contributed by atoms with Crippen molar-refractivity contribution >= 4 is 40.1 Å². The number of amides is 1. The van der Waals surface area contributed by atoms with Gasteiger partial charge in [0.05, 0.1) is 0 Å². The number of nitrogens with one attached hydrogen (secondary N) is 1. The van der Waals surface area contributed by atoms with E-state index in [2.05, 4.69) is 10.2 Å². The fourth-order valence-corrected chi connectivity index (χ4v) is 9.17. The number of aryl methyl sites for hydroxylation is 2. The maximum absolute atomic E-state index is 13.4. The predicted molar refractivity (Wildman–Crippen MR) is 128 cm³/mol. The molecule has 2 aliphatic rings. The van der Waals surface area contributed by atoms with Crippen molar-refractivity contribution in [1.82, 2.24) is 14.8 Å². The van der Waals surface area contributed by atoms with Crippen molar-refractivity contribution in [2.45, 2.75) is 31.0 Å². The van der Waals surface area contributed by atoms with Gasteiger partial charge in [-0.25, -0.2) is 0 Å². The zero-order chi connectivity index (χ0) is 22.9. The van der Waals surface area contributed by atoms with Crippen molar-refractivity contribution in [3.05, 3.63) is 75.1 Å². The maximum atomic E-state index is 13.4. The van der Waals surface area contributed by atoms with Gasteiger partial charge in [0.15, 0.2) is 0 Å². The molecule has 8 heteroatoms. The fraction of sp³-hybridized carbons (Fsp3) is 0.360. The van der Waals surface area contributed by atoms with Crippen LogP contribution in [0.25, 0.3) is 10.9 Å². The Balaban J connectivity index is 1.50. The summed E-state index contributed by atoms with van der Waals surface area (Å²) in [5.74, 6) is -0.377. The third-order valence-electron chi connectivity index (χ3n) is 6.44. The van der Waals surface area contributed by atoms with E-state index in [0.29, 0.717) is 42.7 Å². The van der Waals surface area contributed by atoms with Crippen LogP contribution < -0.4 is 14.3 Å². The third-order valence-corrected chi connectivity index (χ3v) is 11.2. The van der Waals surface area contributed by atoms with Crippen LogP contribution in [0.1, 0.15) is 27.0 Å². The zero-order valence-electron chi connectivity index (χ0n) is 18.7. The third kappa shape index (κ3) is 4.67. The Hall–Kier alpha value is -2.36. The first-order valence-corrected chi connectivity index (χ1v) is 16.0. The fourth-order valence-electron chi connectivity index (χ4n) is 4.60. The van der Waals surface area contributed by atoms with Gasteiger partial charge < -0.3 is 0 Å². The van der Waals surface area contributed by atoms with Crippen LogP contribution in [-0.2, 0) is 27.4 Å². The standard InChI is InChI=1S/C25H27N3O3.O.Sn/c1-3-28-17-22(25(30)26-15-19-6-4-18(2)5-7-19)24(29)21-14-20(8-9-23(21)28)16-27-10-12-31-13-11-27;;/h4-8,14,17H,1,3,10-13,15-16H2,2H3,(H,26,30);;. The number of rotatable bonds is 5. The second-order valence-corrected chi connectivity index (χ2v) is 14.2. The molecule has 0 atom stereocenters. The molecule has 2 aromatic carbocycles. The van der Waals surface area contributed by atoms with Crippen molar-refractivity contribution in [3.63, 3.8) is 0 Å². The van der Waals surface area contributed by atoms with Crippen molar-refractivity contribution in [2.24, 2.45) is 0 Å². The summed E-state index contributed by atoms with van der Waals surface area (Å²) in [5.41, 5.74) is 3.73. The van der Waals surface area contributed by atoms with Gasteiger partial charge in [-0.2, -0.15) is 0 Å². The molecule has 2 aliphatic heterocycles. The van der Waals surface area contributed by atoms with Crippen LogP contribution in [0.15, 0.2) is 47.4 Å². The number of hydrogen-bond donors (Lipinski definition) is 1. The molecule has 5 rings (SSSR count). The normalized spacial score (nSPS) is 16.2. The second-order valence-electron chi connectivity index (χ2n) is 8.83. The Morgan fingerprint density at radius 3 is 2.61 bits per heavy atom. The number of benzene rings is 2. The van der Waals surface area contributed by atoms with Crippen molar-refractivity contribution in [1.29, 1.82) is 0 Å². The molecule has 0 spiro atoms. The summed E-state index contributed by atoms with van der Waals surface area (Å²) < 4.78 is 21.9. The molecule has 33 heavy (non-hydrogen) atoms. The van der Waals surface area contributed by atoms with Crippen LogP contribution >= 0.6 is 0 Å². The van der Waals surface area contributed by atoms with Crippen LogP contribution in [-0.4, -0.2) is 61.4 Å². The van der Waals surface area contributed by atoms with Crippen LogP contribution in [0.3, 0.4) is 0 Å². The second kappa shape index (κ2) is 9.48. The molecule has 170 valence electrons. The minimum atomic E-state index is -3.00. The van der Waals surface area contributed by atoms with E-state index in [0.717, 1.165) is 38.9 Å². The van der Waals surface area contributed by atoms with E-state index in [1.54, 1.807) is 6.20 Å². The van der Waals surface area contributed by atoms with E-state index in [9.17, 15) is 12.7 Å². The Labute approximate surface area is 199 Å². The first-order chi connectivity index (χ1) is 16.0. The summed E-state index contributed by atoms with van der Waals surface area (Å²) in [6.45, 7) is 6.71. The van der Waals surface area contributed by atoms with Crippen LogP contribution in [0, 0.1) is 6.92 Å². The molecule has 0 bridgehead atoms. The molecule has 3 heterocycles. The molecular formula is C25H27N3O4Sn. The molecule has 7 nitrogen and oxygen atoms in total. The number of ether oxygens (including phenoxy) is 1. The SMILES string of the molecule is Cc1ccc(CNC(=O)c2cn3c4[c](cc(CN5CCOCC5)cc4c2=O)[Sn](=[O])[CH2]C3)cc1. The van der Waals surface area contributed by atoms with Gasteiger partial charge in [-0.3, -0.25) is 0 Å². The van der Waals surface area contributed by atoms with E-state index in [4.69, 9.17) is 4.74 Å². The van der Waals surface area contributed by atoms with E-state index >= 15 is 0 Å². The van der Waals surface area contributed by atoms with E-state index in [-0.39, 0.29) is 16.9 Å². The topological polar surface area (TPSA) is 80.6 Å². The number of nitrogens with zero attached hydrogens (tertiary/aromatic N) is 2. The molecule has 1 aromatic heterocycles. The van der Waals surface area contributed by atoms with E-state index in [1.807, 2.05) is 47.9 Å². The van der Waals surface area contributed by atoms with Gasteiger partial charge in [-0.1, -0.05) is 0 Å². The average Bonchev–Trinajstić information content (AvgIpc) is 2.83. The first kappa shape index (κ1) is 22.4. The monoisotopic (exact) mass is 553 g/mol. The molecule has 0 saturated carbocycles. The number of carbonyl (C=O) groups excluding carboxylic acids is 1. The summed E-state index contributed by atoms with van der Waals surface area (Å²) in [6, 6.07) is 11.9. The number of hydrogen-bond acceptors (Lipinski definition) is 5. The summed E-state index contributed by atoms with van der Waals surface area (Å²) in [4.78, 5) is 28.7. The summed E-state index contributed by atoms with van der Waals surface area (Å²) in [5, 5.41) is 3.40. The first-order valence-electron chi connectivity index (χ1n) is 11.4. The summed E-state index contributed by atoms with van der Waals surface area (Å²) >= 11 is -3.00. The molecule has 1 amide bonds.